The predicted octanol–water partition coefficient (Wildman–Crippen LogP) is 2.96. The monoisotopic (exact) mass is 298 g/mol. The maximum atomic E-state index is 6.80. The highest BCUT2D eigenvalue weighted by molar-refractivity contribution is 5.34. The van der Waals surface area contributed by atoms with Crippen molar-refractivity contribution < 1.29 is 4.74 Å². The van der Waals surface area contributed by atoms with E-state index in [1.54, 1.807) is 7.11 Å². The summed E-state index contributed by atoms with van der Waals surface area (Å²) >= 11 is 0. The van der Waals surface area contributed by atoms with E-state index in [0.717, 1.165) is 24.3 Å². The van der Waals surface area contributed by atoms with E-state index >= 15 is 0 Å². The minimum absolute atomic E-state index is 0.426. The molecule has 0 aliphatic carbocycles. The smallest absolute Gasteiger partial charge is 0.118 e. The third-order valence-electron chi connectivity index (χ3n) is 3.90. The third kappa shape index (κ3) is 4.09. The molecular weight excluding hydrogens is 272 g/mol. The molecule has 0 saturated carbocycles. The van der Waals surface area contributed by atoms with Gasteiger partial charge in [-0.15, -0.1) is 0 Å². The second-order valence-corrected chi connectivity index (χ2v) is 6.28. The van der Waals surface area contributed by atoms with Crippen LogP contribution in [0.5, 0.6) is 5.75 Å². The first-order chi connectivity index (χ1) is 10.4. The van der Waals surface area contributed by atoms with Crippen molar-refractivity contribution >= 4 is 0 Å². The van der Waals surface area contributed by atoms with Crippen LogP contribution in [0.4, 0.5) is 0 Å². The van der Waals surface area contributed by atoms with E-state index in [2.05, 4.69) is 62.3 Å². The zero-order chi connectivity index (χ0) is 16.2. The molecule has 0 aliphatic rings. The van der Waals surface area contributed by atoms with E-state index in [9.17, 15) is 0 Å². The molecule has 1 atom stereocenters. The lowest BCUT2D eigenvalue weighted by molar-refractivity contribution is 0.283. The van der Waals surface area contributed by atoms with Crippen LogP contribution in [0.2, 0.25) is 0 Å². The first-order valence-corrected chi connectivity index (χ1v) is 7.57. The molecule has 0 aliphatic heterocycles. The Morgan fingerprint density at radius 1 is 1.00 bits per heavy atom. The number of rotatable bonds is 6. The zero-order valence-corrected chi connectivity index (χ0v) is 14.0. The van der Waals surface area contributed by atoms with Crippen LogP contribution < -0.4 is 10.5 Å². The highest BCUT2D eigenvalue weighted by Gasteiger charge is 2.28. The summed E-state index contributed by atoms with van der Waals surface area (Å²) < 4.78 is 5.24. The summed E-state index contributed by atoms with van der Waals surface area (Å²) in [6.45, 7) is 2.88. The normalized spacial score (nSPS) is 13.9. The van der Waals surface area contributed by atoms with Gasteiger partial charge in [0.1, 0.15) is 5.75 Å². The van der Waals surface area contributed by atoms with Crippen LogP contribution in [-0.4, -0.2) is 32.6 Å². The van der Waals surface area contributed by atoms with Crippen LogP contribution in [0.1, 0.15) is 16.7 Å². The van der Waals surface area contributed by atoms with Crippen LogP contribution in [0.3, 0.4) is 0 Å². The topological polar surface area (TPSA) is 38.5 Å². The Labute approximate surface area is 133 Å². The molecule has 3 heteroatoms. The van der Waals surface area contributed by atoms with Crippen molar-refractivity contribution in [3.8, 4) is 5.75 Å². The van der Waals surface area contributed by atoms with Gasteiger partial charge in [0.05, 0.1) is 12.6 Å². The van der Waals surface area contributed by atoms with E-state index < -0.39 is 5.54 Å². The standard InChI is InChI=1S/C19H26N2O/c1-15-5-7-16(8-6-15)13-19(20,14-21(2)3)17-9-11-18(22-4)12-10-17/h5-12H,13-14,20H2,1-4H3. The summed E-state index contributed by atoms with van der Waals surface area (Å²) in [5.74, 6) is 0.853. The highest BCUT2D eigenvalue weighted by Crippen LogP contribution is 2.26. The summed E-state index contributed by atoms with van der Waals surface area (Å²) in [4.78, 5) is 2.14. The van der Waals surface area contributed by atoms with Crippen molar-refractivity contribution in [2.45, 2.75) is 18.9 Å². The molecule has 0 aromatic heterocycles. The highest BCUT2D eigenvalue weighted by atomic mass is 16.5. The molecule has 1 unspecified atom stereocenters. The van der Waals surface area contributed by atoms with Crippen LogP contribution in [0, 0.1) is 6.92 Å². The fourth-order valence-electron chi connectivity index (χ4n) is 2.81. The van der Waals surface area contributed by atoms with Gasteiger partial charge >= 0.3 is 0 Å². The Hall–Kier alpha value is -1.84. The molecule has 2 aromatic rings. The average molecular weight is 298 g/mol. The van der Waals surface area contributed by atoms with Crippen LogP contribution in [0.25, 0.3) is 0 Å². The van der Waals surface area contributed by atoms with Gasteiger partial charge in [0.15, 0.2) is 0 Å². The fraction of sp³-hybridized carbons (Fsp3) is 0.368. The zero-order valence-electron chi connectivity index (χ0n) is 14.0. The Balaban J connectivity index is 2.31. The van der Waals surface area contributed by atoms with Crippen LogP contribution in [0.15, 0.2) is 48.5 Å². The van der Waals surface area contributed by atoms with Crippen molar-refractivity contribution in [2.24, 2.45) is 5.73 Å². The lowest BCUT2D eigenvalue weighted by atomic mass is 9.84. The van der Waals surface area contributed by atoms with Crippen LogP contribution >= 0.6 is 0 Å². The number of hydrogen-bond donors (Lipinski definition) is 1. The maximum Gasteiger partial charge on any atom is 0.118 e. The van der Waals surface area contributed by atoms with Gasteiger partial charge < -0.3 is 15.4 Å². The molecule has 118 valence electrons. The first-order valence-electron chi connectivity index (χ1n) is 7.57. The number of aryl methyl sites for hydroxylation is 1. The minimum atomic E-state index is -0.426. The molecule has 0 amide bonds. The summed E-state index contributed by atoms with van der Waals surface area (Å²) in [6, 6.07) is 16.7. The summed E-state index contributed by atoms with van der Waals surface area (Å²) in [6.07, 6.45) is 0.803. The Morgan fingerprint density at radius 2 is 1.59 bits per heavy atom. The van der Waals surface area contributed by atoms with E-state index in [1.165, 1.54) is 11.1 Å². The van der Waals surface area contributed by atoms with Crippen molar-refractivity contribution in [3.05, 3.63) is 65.2 Å². The Bertz CT molecular complexity index is 590. The number of hydrogen-bond acceptors (Lipinski definition) is 3. The Morgan fingerprint density at radius 3 is 2.09 bits per heavy atom. The number of nitrogens with two attached hydrogens (primary N) is 1. The van der Waals surface area contributed by atoms with Gasteiger partial charge in [-0.25, -0.2) is 0 Å². The van der Waals surface area contributed by atoms with Crippen molar-refractivity contribution in [3.63, 3.8) is 0 Å². The summed E-state index contributed by atoms with van der Waals surface area (Å²) in [5, 5.41) is 0. The molecule has 0 radical (unpaired) electrons. The Kier molecular flexibility index (Phi) is 5.22. The van der Waals surface area contributed by atoms with Crippen molar-refractivity contribution in [1.82, 2.24) is 4.90 Å². The third-order valence-corrected chi connectivity index (χ3v) is 3.90. The minimum Gasteiger partial charge on any atom is -0.497 e. The van der Waals surface area contributed by atoms with Crippen molar-refractivity contribution in [1.29, 1.82) is 0 Å². The van der Waals surface area contributed by atoms with Gasteiger partial charge in [0.25, 0.3) is 0 Å². The van der Waals surface area contributed by atoms with E-state index in [0.29, 0.717) is 0 Å². The molecule has 2 aromatic carbocycles. The van der Waals surface area contributed by atoms with E-state index in [-0.39, 0.29) is 0 Å². The largest absolute Gasteiger partial charge is 0.497 e. The number of benzene rings is 2. The first kappa shape index (κ1) is 16.5. The van der Waals surface area contributed by atoms with Gasteiger partial charge in [-0.05, 0) is 50.7 Å². The molecular formula is C19H26N2O. The second kappa shape index (κ2) is 6.95. The molecule has 0 bridgehead atoms. The molecule has 0 saturated heterocycles. The number of nitrogens with zero attached hydrogens (tertiary/aromatic N) is 1. The van der Waals surface area contributed by atoms with Gasteiger partial charge in [-0.2, -0.15) is 0 Å². The summed E-state index contributed by atoms with van der Waals surface area (Å²) in [7, 11) is 5.79. The SMILES string of the molecule is COc1ccc(C(N)(Cc2ccc(C)cc2)CN(C)C)cc1. The van der Waals surface area contributed by atoms with E-state index in [4.69, 9.17) is 10.5 Å². The average Bonchev–Trinajstić information content (AvgIpc) is 2.49. The lowest BCUT2D eigenvalue weighted by Gasteiger charge is -2.33. The van der Waals surface area contributed by atoms with Crippen LogP contribution in [-0.2, 0) is 12.0 Å². The number of likely N-dealkylation sites (N-methyl/N-ethyl adjacent to an activating group) is 1. The fourth-order valence-corrected chi connectivity index (χ4v) is 2.81. The van der Waals surface area contributed by atoms with Crippen molar-refractivity contribution in [2.75, 3.05) is 27.7 Å². The maximum absolute atomic E-state index is 6.80. The summed E-state index contributed by atoms with van der Waals surface area (Å²) in [5.41, 5.74) is 10.0. The van der Waals surface area contributed by atoms with Gasteiger partial charge in [-0.1, -0.05) is 42.0 Å². The van der Waals surface area contributed by atoms with E-state index in [1.807, 2.05) is 12.1 Å². The van der Waals surface area contributed by atoms with Gasteiger partial charge in [0.2, 0.25) is 0 Å². The van der Waals surface area contributed by atoms with Gasteiger partial charge in [0, 0.05) is 6.54 Å². The molecule has 0 heterocycles. The van der Waals surface area contributed by atoms with Gasteiger partial charge in [-0.3, -0.25) is 0 Å². The predicted molar refractivity (Wildman–Crippen MR) is 92.3 cm³/mol. The molecule has 0 spiro atoms. The molecule has 2 rings (SSSR count). The molecule has 0 fully saturated rings. The number of methoxy groups -OCH3 is 1. The number of ether oxygens (including phenoxy) is 1. The quantitative estimate of drug-likeness (QED) is 0.891. The molecule has 22 heavy (non-hydrogen) atoms. The molecule has 3 nitrogen and oxygen atoms in total. The lowest BCUT2D eigenvalue weighted by Crippen LogP contribution is -2.47. The second-order valence-electron chi connectivity index (χ2n) is 6.28. The molecule has 2 N–H and O–H groups in total.